The van der Waals surface area contributed by atoms with Crippen LogP contribution in [0.5, 0.6) is 0 Å². The summed E-state index contributed by atoms with van der Waals surface area (Å²) in [4.78, 5) is 24.5. The van der Waals surface area contributed by atoms with E-state index in [1.54, 1.807) is 6.07 Å². The zero-order valence-corrected chi connectivity index (χ0v) is 16.0. The molecule has 0 atom stereocenters. The lowest BCUT2D eigenvalue weighted by atomic mass is 10.0. The molecule has 0 radical (unpaired) electrons. The van der Waals surface area contributed by atoms with Gasteiger partial charge in [0.25, 0.3) is 0 Å². The van der Waals surface area contributed by atoms with E-state index in [9.17, 15) is 18.0 Å². The summed E-state index contributed by atoms with van der Waals surface area (Å²) in [6.07, 6.45) is 1.69. The molecular weight excluding hydrogens is 366 g/mol. The van der Waals surface area contributed by atoms with E-state index < -0.39 is 16.0 Å². The summed E-state index contributed by atoms with van der Waals surface area (Å²) >= 11 is 0. The van der Waals surface area contributed by atoms with Crippen molar-refractivity contribution in [2.45, 2.75) is 37.6 Å². The van der Waals surface area contributed by atoms with Crippen LogP contribution in [-0.2, 0) is 14.8 Å². The van der Waals surface area contributed by atoms with Gasteiger partial charge in [0.15, 0.2) is 6.61 Å². The molecule has 142 valence electrons. The summed E-state index contributed by atoms with van der Waals surface area (Å²) in [5, 5.41) is 0. The molecule has 27 heavy (non-hydrogen) atoms. The van der Waals surface area contributed by atoms with E-state index >= 15 is 0 Å². The molecular formula is C20H21NO5S. The minimum absolute atomic E-state index is 0.00994. The lowest BCUT2D eigenvalue weighted by Gasteiger charge is -2.08. The molecule has 2 aromatic rings. The van der Waals surface area contributed by atoms with Crippen molar-refractivity contribution in [3.8, 4) is 0 Å². The van der Waals surface area contributed by atoms with Gasteiger partial charge >= 0.3 is 5.97 Å². The largest absolute Gasteiger partial charge is 0.454 e. The van der Waals surface area contributed by atoms with Crippen molar-refractivity contribution >= 4 is 21.8 Å². The number of carbonyl (C=O) groups is 2. The van der Waals surface area contributed by atoms with Crippen LogP contribution in [0.15, 0.2) is 47.4 Å². The number of sulfonamides is 1. The fourth-order valence-corrected chi connectivity index (χ4v) is 3.89. The van der Waals surface area contributed by atoms with Crippen LogP contribution < -0.4 is 4.72 Å². The average Bonchev–Trinajstić information content (AvgIpc) is 3.44. The molecule has 0 spiro atoms. The first-order chi connectivity index (χ1) is 12.8. The predicted octanol–water partition coefficient (Wildman–Crippen LogP) is 2.78. The van der Waals surface area contributed by atoms with Crippen LogP contribution in [-0.4, -0.2) is 32.8 Å². The number of hydrogen-bond donors (Lipinski definition) is 1. The normalized spacial score (nSPS) is 14.0. The van der Waals surface area contributed by atoms with Crippen molar-refractivity contribution < 1.29 is 22.7 Å². The molecule has 1 aliphatic carbocycles. The molecule has 1 fully saturated rings. The number of esters is 1. The second-order valence-corrected chi connectivity index (χ2v) is 8.45. The molecule has 0 saturated heterocycles. The number of Topliss-reactive ketones (excluding diaryl/α,β-unsaturated/α-hetero) is 1. The molecule has 7 heteroatoms. The quantitative estimate of drug-likeness (QED) is 0.583. The second-order valence-electron chi connectivity index (χ2n) is 6.74. The van der Waals surface area contributed by atoms with Crippen LogP contribution in [0.3, 0.4) is 0 Å². The molecule has 0 unspecified atom stereocenters. The van der Waals surface area contributed by atoms with Gasteiger partial charge in [-0.15, -0.1) is 0 Å². The Hall–Kier alpha value is -2.51. The van der Waals surface area contributed by atoms with E-state index in [4.69, 9.17) is 4.74 Å². The Morgan fingerprint density at radius 2 is 1.74 bits per heavy atom. The third-order valence-electron chi connectivity index (χ3n) is 4.33. The van der Waals surface area contributed by atoms with Crippen molar-refractivity contribution in [1.29, 1.82) is 0 Å². The van der Waals surface area contributed by atoms with Crippen molar-refractivity contribution in [3.05, 3.63) is 64.7 Å². The molecule has 3 rings (SSSR count). The van der Waals surface area contributed by atoms with Crippen LogP contribution in [0, 0.1) is 13.8 Å². The fourth-order valence-electron chi connectivity index (χ4n) is 2.59. The Labute approximate surface area is 158 Å². The van der Waals surface area contributed by atoms with Crippen LogP contribution >= 0.6 is 0 Å². The standard InChI is InChI=1S/C20H21NO5S/c1-13-3-4-14(2)18(11-13)19(22)12-26-20(23)15-5-9-17(10-6-15)27(24,25)21-16-7-8-16/h3-6,9-11,16,21H,7-8,12H2,1-2H3. The Morgan fingerprint density at radius 1 is 1.07 bits per heavy atom. The first-order valence-corrected chi connectivity index (χ1v) is 10.1. The molecule has 6 nitrogen and oxygen atoms in total. The van der Waals surface area contributed by atoms with Crippen LogP contribution in [0.4, 0.5) is 0 Å². The number of aryl methyl sites for hydroxylation is 2. The number of hydrogen-bond acceptors (Lipinski definition) is 5. The second kappa shape index (κ2) is 7.62. The van der Waals surface area contributed by atoms with E-state index in [1.807, 2.05) is 26.0 Å². The summed E-state index contributed by atoms with van der Waals surface area (Å²) in [5.74, 6) is -0.954. The van der Waals surface area contributed by atoms with Crippen molar-refractivity contribution in [1.82, 2.24) is 4.72 Å². The van der Waals surface area contributed by atoms with Gasteiger partial charge in [0, 0.05) is 11.6 Å². The third-order valence-corrected chi connectivity index (χ3v) is 5.86. The molecule has 1 saturated carbocycles. The topological polar surface area (TPSA) is 89.5 Å². The summed E-state index contributed by atoms with van der Waals surface area (Å²) in [6, 6.07) is 11.0. The van der Waals surface area contributed by atoms with Gasteiger partial charge < -0.3 is 4.74 Å². The average molecular weight is 387 g/mol. The third kappa shape index (κ3) is 4.81. The first-order valence-electron chi connectivity index (χ1n) is 8.66. The number of benzene rings is 2. The SMILES string of the molecule is Cc1ccc(C)c(C(=O)COC(=O)c2ccc(S(=O)(=O)NC3CC3)cc2)c1. The predicted molar refractivity (Wildman–Crippen MR) is 100 cm³/mol. The molecule has 0 aliphatic heterocycles. The lowest BCUT2D eigenvalue weighted by Crippen LogP contribution is -2.25. The minimum Gasteiger partial charge on any atom is -0.454 e. The summed E-state index contributed by atoms with van der Waals surface area (Å²) in [6.45, 7) is 3.34. The van der Waals surface area contributed by atoms with Gasteiger partial charge in [-0.05, 0) is 62.6 Å². The van der Waals surface area contributed by atoms with E-state index in [0.717, 1.165) is 24.0 Å². The zero-order valence-electron chi connectivity index (χ0n) is 15.2. The van der Waals surface area contributed by atoms with Crippen molar-refractivity contribution in [2.75, 3.05) is 6.61 Å². The van der Waals surface area contributed by atoms with Crippen molar-refractivity contribution in [2.24, 2.45) is 0 Å². The highest BCUT2D eigenvalue weighted by Gasteiger charge is 2.28. The van der Waals surface area contributed by atoms with Gasteiger partial charge in [-0.2, -0.15) is 0 Å². The minimum atomic E-state index is -3.57. The van der Waals surface area contributed by atoms with E-state index in [-0.39, 0.29) is 28.9 Å². The fraction of sp³-hybridized carbons (Fsp3) is 0.300. The zero-order chi connectivity index (χ0) is 19.6. The van der Waals surface area contributed by atoms with E-state index in [2.05, 4.69) is 4.72 Å². The summed E-state index contributed by atoms with van der Waals surface area (Å²) in [7, 11) is -3.57. The summed E-state index contributed by atoms with van der Waals surface area (Å²) in [5.41, 5.74) is 2.48. The number of nitrogens with one attached hydrogen (secondary N) is 1. The van der Waals surface area contributed by atoms with Crippen LogP contribution in [0.25, 0.3) is 0 Å². The number of carbonyl (C=O) groups excluding carboxylic acids is 2. The Morgan fingerprint density at radius 3 is 2.37 bits per heavy atom. The molecule has 1 N–H and O–H groups in total. The van der Waals surface area contributed by atoms with Gasteiger partial charge in [-0.3, -0.25) is 4.79 Å². The van der Waals surface area contributed by atoms with E-state index in [1.165, 1.54) is 24.3 Å². The van der Waals surface area contributed by atoms with Crippen LogP contribution in [0.2, 0.25) is 0 Å². The molecule has 0 amide bonds. The lowest BCUT2D eigenvalue weighted by molar-refractivity contribution is 0.0474. The highest BCUT2D eigenvalue weighted by Crippen LogP contribution is 2.22. The molecule has 2 aromatic carbocycles. The molecule has 0 heterocycles. The first kappa shape index (κ1) is 19.3. The maximum atomic E-state index is 12.3. The maximum Gasteiger partial charge on any atom is 0.338 e. The van der Waals surface area contributed by atoms with Crippen molar-refractivity contribution in [3.63, 3.8) is 0 Å². The number of ether oxygens (including phenoxy) is 1. The Balaban J connectivity index is 1.62. The van der Waals surface area contributed by atoms with Gasteiger partial charge in [-0.25, -0.2) is 17.9 Å². The van der Waals surface area contributed by atoms with E-state index in [0.29, 0.717) is 5.56 Å². The van der Waals surface area contributed by atoms with Gasteiger partial charge in [0.1, 0.15) is 0 Å². The number of ketones is 1. The summed E-state index contributed by atoms with van der Waals surface area (Å²) < 4.78 is 31.9. The maximum absolute atomic E-state index is 12.3. The Kier molecular flexibility index (Phi) is 5.43. The highest BCUT2D eigenvalue weighted by molar-refractivity contribution is 7.89. The molecule has 0 aromatic heterocycles. The number of rotatable bonds is 7. The smallest absolute Gasteiger partial charge is 0.338 e. The van der Waals surface area contributed by atoms with Crippen LogP contribution in [0.1, 0.15) is 44.7 Å². The molecule has 0 bridgehead atoms. The van der Waals surface area contributed by atoms with Gasteiger partial charge in [0.2, 0.25) is 15.8 Å². The molecule has 1 aliphatic rings. The van der Waals surface area contributed by atoms with Gasteiger partial charge in [0.05, 0.1) is 10.5 Å². The highest BCUT2D eigenvalue weighted by atomic mass is 32.2. The monoisotopic (exact) mass is 387 g/mol. The van der Waals surface area contributed by atoms with Gasteiger partial charge in [-0.1, -0.05) is 17.7 Å². The Bertz CT molecular complexity index is 976.